The molecule has 1 aliphatic heterocycles. The highest BCUT2D eigenvalue weighted by Gasteiger charge is 2.33. The van der Waals surface area contributed by atoms with Crippen LogP contribution in [0.1, 0.15) is 5.56 Å². The van der Waals surface area contributed by atoms with Crippen LogP contribution in [-0.2, 0) is 17.9 Å². The van der Waals surface area contributed by atoms with Gasteiger partial charge in [0.05, 0.1) is 25.0 Å². The number of cyclic esters (lactones) is 1. The van der Waals surface area contributed by atoms with Crippen molar-refractivity contribution in [1.82, 2.24) is 15.0 Å². The van der Waals surface area contributed by atoms with Gasteiger partial charge in [0, 0.05) is 12.3 Å². The predicted octanol–water partition coefficient (Wildman–Crippen LogP) is 3.02. The molecule has 1 atom stereocenters. The summed E-state index contributed by atoms with van der Waals surface area (Å²) in [6.07, 6.45) is 2.35. The molecule has 8 heteroatoms. The van der Waals surface area contributed by atoms with Crippen LogP contribution >= 0.6 is 0 Å². The maximum atomic E-state index is 14.4. The van der Waals surface area contributed by atoms with Crippen molar-refractivity contribution < 1.29 is 18.7 Å². The summed E-state index contributed by atoms with van der Waals surface area (Å²) in [7, 11) is 0. The van der Waals surface area contributed by atoms with Gasteiger partial charge in [-0.1, -0.05) is 35.5 Å². The SMILES string of the molecule is O=C1O[C@@H](Cn2ccnn2)CN1c1ccc(OCc2ccccc2)c(F)c1. The lowest BCUT2D eigenvalue weighted by Crippen LogP contribution is -2.26. The van der Waals surface area contributed by atoms with Gasteiger partial charge in [0.2, 0.25) is 0 Å². The Bertz CT molecular complexity index is 918. The molecule has 0 spiro atoms. The highest BCUT2D eigenvalue weighted by atomic mass is 19.1. The maximum absolute atomic E-state index is 14.4. The first-order valence-corrected chi connectivity index (χ1v) is 8.47. The minimum atomic E-state index is -0.532. The highest BCUT2D eigenvalue weighted by Crippen LogP contribution is 2.28. The molecule has 4 rings (SSSR count). The molecule has 1 aliphatic rings. The lowest BCUT2D eigenvalue weighted by atomic mass is 10.2. The molecule has 1 aromatic heterocycles. The van der Waals surface area contributed by atoms with Crippen molar-refractivity contribution in [2.24, 2.45) is 0 Å². The largest absolute Gasteiger partial charge is 0.486 e. The third-order valence-electron chi connectivity index (χ3n) is 4.20. The van der Waals surface area contributed by atoms with E-state index in [1.165, 1.54) is 17.0 Å². The molecule has 0 bridgehead atoms. The zero-order valence-corrected chi connectivity index (χ0v) is 14.4. The molecule has 0 N–H and O–H groups in total. The molecular weight excluding hydrogens is 351 g/mol. The molecule has 3 aromatic rings. The first-order chi connectivity index (χ1) is 13.2. The quantitative estimate of drug-likeness (QED) is 0.669. The number of amides is 1. The van der Waals surface area contributed by atoms with E-state index in [2.05, 4.69) is 10.3 Å². The molecule has 0 aliphatic carbocycles. The van der Waals surface area contributed by atoms with Crippen molar-refractivity contribution in [3.63, 3.8) is 0 Å². The fraction of sp³-hybridized carbons (Fsp3) is 0.211. The Labute approximate surface area is 154 Å². The number of rotatable bonds is 6. The van der Waals surface area contributed by atoms with Crippen LogP contribution < -0.4 is 9.64 Å². The van der Waals surface area contributed by atoms with Gasteiger partial charge < -0.3 is 9.47 Å². The van der Waals surface area contributed by atoms with Crippen molar-refractivity contribution in [1.29, 1.82) is 0 Å². The Morgan fingerprint density at radius 3 is 2.81 bits per heavy atom. The normalized spacial score (nSPS) is 16.4. The summed E-state index contributed by atoms with van der Waals surface area (Å²) >= 11 is 0. The van der Waals surface area contributed by atoms with Crippen molar-refractivity contribution in [2.45, 2.75) is 19.3 Å². The van der Waals surface area contributed by atoms with E-state index in [1.54, 1.807) is 23.1 Å². The highest BCUT2D eigenvalue weighted by molar-refractivity contribution is 5.89. The maximum Gasteiger partial charge on any atom is 0.414 e. The first-order valence-electron chi connectivity index (χ1n) is 8.47. The Balaban J connectivity index is 1.41. The van der Waals surface area contributed by atoms with Crippen molar-refractivity contribution in [3.8, 4) is 5.75 Å². The zero-order chi connectivity index (χ0) is 18.6. The minimum absolute atomic E-state index is 0.134. The van der Waals surface area contributed by atoms with Crippen LogP contribution in [0.2, 0.25) is 0 Å². The van der Waals surface area contributed by atoms with E-state index in [1.807, 2.05) is 30.3 Å². The van der Waals surface area contributed by atoms with Crippen LogP contribution in [0.3, 0.4) is 0 Å². The number of carbonyl (C=O) groups excluding carboxylic acids is 1. The van der Waals surface area contributed by atoms with E-state index in [9.17, 15) is 9.18 Å². The fourth-order valence-corrected chi connectivity index (χ4v) is 2.88. The van der Waals surface area contributed by atoms with Gasteiger partial charge in [-0.15, -0.1) is 5.10 Å². The Morgan fingerprint density at radius 2 is 2.07 bits per heavy atom. The van der Waals surface area contributed by atoms with Gasteiger partial charge >= 0.3 is 6.09 Å². The van der Waals surface area contributed by atoms with Crippen LogP contribution in [0.5, 0.6) is 5.75 Å². The van der Waals surface area contributed by atoms with Gasteiger partial charge in [-0.2, -0.15) is 0 Å². The summed E-state index contributed by atoms with van der Waals surface area (Å²) in [5.41, 5.74) is 1.37. The zero-order valence-electron chi connectivity index (χ0n) is 14.4. The van der Waals surface area contributed by atoms with Gasteiger partial charge in [-0.05, 0) is 17.7 Å². The van der Waals surface area contributed by atoms with Crippen molar-refractivity contribution in [2.75, 3.05) is 11.4 Å². The Hall–Kier alpha value is -3.42. The summed E-state index contributed by atoms with van der Waals surface area (Å²) in [5, 5.41) is 7.57. The van der Waals surface area contributed by atoms with Gasteiger partial charge in [0.1, 0.15) is 12.7 Å². The second-order valence-electron chi connectivity index (χ2n) is 6.13. The van der Waals surface area contributed by atoms with E-state index in [4.69, 9.17) is 9.47 Å². The van der Waals surface area contributed by atoms with E-state index in [0.717, 1.165) is 5.56 Å². The van der Waals surface area contributed by atoms with Crippen LogP contribution in [0.25, 0.3) is 0 Å². The summed E-state index contributed by atoms with van der Waals surface area (Å²) in [5.74, 6) is -0.398. The summed E-state index contributed by atoms with van der Waals surface area (Å²) in [4.78, 5) is 13.5. The molecule has 2 aromatic carbocycles. The molecule has 7 nitrogen and oxygen atoms in total. The Kier molecular flexibility index (Phi) is 4.69. The smallest absolute Gasteiger partial charge is 0.414 e. The molecular formula is C19H17FN4O3. The van der Waals surface area contributed by atoms with E-state index >= 15 is 0 Å². The standard InChI is InChI=1S/C19H17FN4O3/c20-17-10-15(6-7-18(17)26-13-14-4-2-1-3-5-14)24-12-16(27-19(24)25)11-23-9-8-21-22-23/h1-10,16H,11-13H2/t16-/m0/s1. The summed E-state index contributed by atoms with van der Waals surface area (Å²) in [6, 6.07) is 13.9. The average Bonchev–Trinajstić information content (AvgIpc) is 3.31. The lowest BCUT2D eigenvalue weighted by Gasteiger charge is -2.15. The number of ether oxygens (including phenoxy) is 2. The number of carbonyl (C=O) groups is 1. The Morgan fingerprint density at radius 1 is 1.22 bits per heavy atom. The summed E-state index contributed by atoms with van der Waals surface area (Å²) < 4.78 is 26.8. The van der Waals surface area contributed by atoms with Crippen LogP contribution in [0.4, 0.5) is 14.9 Å². The van der Waals surface area contributed by atoms with Gasteiger partial charge in [0.15, 0.2) is 11.6 Å². The van der Waals surface area contributed by atoms with E-state index in [-0.39, 0.29) is 18.5 Å². The number of nitrogens with zero attached hydrogens (tertiary/aromatic N) is 4. The first kappa shape index (κ1) is 17.0. The monoisotopic (exact) mass is 368 g/mol. The van der Waals surface area contributed by atoms with Gasteiger partial charge in [0.25, 0.3) is 0 Å². The van der Waals surface area contributed by atoms with Crippen molar-refractivity contribution >= 4 is 11.8 Å². The molecule has 1 fully saturated rings. The number of halogens is 1. The summed E-state index contributed by atoms with van der Waals surface area (Å²) in [6.45, 7) is 0.966. The molecule has 1 saturated heterocycles. The topological polar surface area (TPSA) is 69.5 Å². The second kappa shape index (κ2) is 7.45. The lowest BCUT2D eigenvalue weighted by molar-refractivity contribution is 0.129. The van der Waals surface area contributed by atoms with Crippen LogP contribution in [0.15, 0.2) is 60.9 Å². The molecule has 1 amide bonds. The third-order valence-corrected chi connectivity index (χ3v) is 4.20. The molecule has 2 heterocycles. The third kappa shape index (κ3) is 3.89. The molecule has 0 radical (unpaired) electrons. The second-order valence-corrected chi connectivity index (χ2v) is 6.13. The predicted molar refractivity (Wildman–Crippen MR) is 94.8 cm³/mol. The molecule has 0 unspecified atom stereocenters. The van der Waals surface area contributed by atoms with Gasteiger partial charge in [-0.3, -0.25) is 4.90 Å². The number of hydrogen-bond acceptors (Lipinski definition) is 5. The van der Waals surface area contributed by atoms with E-state index in [0.29, 0.717) is 18.8 Å². The number of aromatic nitrogens is 3. The van der Waals surface area contributed by atoms with Crippen molar-refractivity contribution in [3.05, 3.63) is 72.3 Å². The molecule has 27 heavy (non-hydrogen) atoms. The fourth-order valence-electron chi connectivity index (χ4n) is 2.88. The molecule has 138 valence electrons. The number of benzene rings is 2. The van der Waals surface area contributed by atoms with Crippen LogP contribution in [0, 0.1) is 5.82 Å². The minimum Gasteiger partial charge on any atom is -0.486 e. The average molecular weight is 368 g/mol. The number of anilines is 1. The number of hydrogen-bond donors (Lipinski definition) is 0. The molecule has 0 saturated carbocycles. The van der Waals surface area contributed by atoms with E-state index < -0.39 is 11.9 Å². The van der Waals surface area contributed by atoms with Crippen LogP contribution in [-0.4, -0.2) is 33.7 Å². The van der Waals surface area contributed by atoms with Gasteiger partial charge in [-0.25, -0.2) is 13.9 Å².